The normalized spacial score (nSPS) is 15.1. The number of unbranched alkanes of at least 4 members (excludes halogenated alkanes) is 1. The number of carbonyl (C=O) groups excluding carboxylic acids is 1. The minimum Gasteiger partial charge on any atom is -0.327 e. The fourth-order valence-corrected chi connectivity index (χ4v) is 1.85. The molecule has 0 aromatic rings. The molecule has 2 nitrogen and oxygen atoms in total. The lowest BCUT2D eigenvalue weighted by molar-refractivity contribution is -0.120. The third-order valence-corrected chi connectivity index (χ3v) is 3.38. The van der Waals surface area contributed by atoms with Gasteiger partial charge in [-0.15, -0.1) is 0 Å². The molecule has 0 bridgehead atoms. The highest BCUT2D eigenvalue weighted by Gasteiger charge is 2.16. The van der Waals surface area contributed by atoms with Gasteiger partial charge in [0.25, 0.3) is 0 Å². The van der Waals surface area contributed by atoms with E-state index < -0.39 is 0 Å². The highest BCUT2D eigenvalue weighted by molar-refractivity contribution is 5.79. The molecule has 0 aromatic carbocycles. The van der Waals surface area contributed by atoms with Gasteiger partial charge in [-0.25, -0.2) is 0 Å². The highest BCUT2D eigenvalue weighted by atomic mass is 16.1. The summed E-state index contributed by atoms with van der Waals surface area (Å²) in [7, 11) is 0. The van der Waals surface area contributed by atoms with Gasteiger partial charge in [0.15, 0.2) is 0 Å². The van der Waals surface area contributed by atoms with Crippen LogP contribution in [0.1, 0.15) is 66.2 Å². The third kappa shape index (κ3) is 7.00. The fraction of sp³-hybridized carbons (Fsp3) is 0.929. The van der Waals surface area contributed by atoms with Gasteiger partial charge in [0.05, 0.1) is 0 Å². The minimum absolute atomic E-state index is 0.0381. The van der Waals surface area contributed by atoms with Crippen LogP contribution in [-0.2, 0) is 4.79 Å². The van der Waals surface area contributed by atoms with E-state index in [1.807, 2.05) is 0 Å². The van der Waals surface area contributed by atoms with E-state index in [0.717, 1.165) is 12.8 Å². The Labute approximate surface area is 101 Å². The average molecular weight is 227 g/mol. The number of Topliss-reactive ketones (excluding diaryl/α,β-unsaturated/α-hetero) is 1. The number of hydrogen-bond acceptors (Lipinski definition) is 2. The van der Waals surface area contributed by atoms with Gasteiger partial charge in [-0.1, -0.05) is 53.4 Å². The van der Waals surface area contributed by atoms with Crippen LogP contribution in [0.3, 0.4) is 0 Å². The fourth-order valence-electron chi connectivity index (χ4n) is 1.85. The third-order valence-electron chi connectivity index (χ3n) is 3.38. The molecule has 0 fully saturated rings. The molecule has 2 unspecified atom stereocenters. The predicted octanol–water partition coefficient (Wildman–Crippen LogP) is 3.54. The summed E-state index contributed by atoms with van der Waals surface area (Å²) in [6, 6.07) is 0.0381. The first-order valence-corrected chi connectivity index (χ1v) is 6.78. The maximum Gasteiger partial charge on any atom is 0.134 e. The van der Waals surface area contributed by atoms with Gasteiger partial charge < -0.3 is 5.73 Å². The van der Waals surface area contributed by atoms with Gasteiger partial charge >= 0.3 is 0 Å². The van der Waals surface area contributed by atoms with Crippen molar-refractivity contribution in [1.29, 1.82) is 0 Å². The van der Waals surface area contributed by atoms with Gasteiger partial charge in [0.2, 0.25) is 0 Å². The summed E-state index contributed by atoms with van der Waals surface area (Å²) in [4.78, 5) is 11.8. The van der Waals surface area contributed by atoms with Crippen LogP contribution < -0.4 is 5.73 Å². The summed E-state index contributed by atoms with van der Waals surface area (Å²) in [6.45, 7) is 8.53. The van der Waals surface area contributed by atoms with E-state index in [4.69, 9.17) is 5.73 Å². The van der Waals surface area contributed by atoms with Crippen molar-refractivity contribution in [3.63, 3.8) is 0 Å². The maximum atomic E-state index is 11.8. The van der Waals surface area contributed by atoms with E-state index in [1.54, 1.807) is 0 Å². The van der Waals surface area contributed by atoms with Crippen molar-refractivity contribution in [3.05, 3.63) is 0 Å². The predicted molar refractivity (Wildman–Crippen MR) is 70.4 cm³/mol. The Kier molecular flexibility index (Phi) is 8.54. The van der Waals surface area contributed by atoms with Gasteiger partial charge in [0, 0.05) is 18.9 Å². The first-order valence-electron chi connectivity index (χ1n) is 6.78. The summed E-state index contributed by atoms with van der Waals surface area (Å²) in [5.41, 5.74) is 5.91. The average Bonchev–Trinajstić information content (AvgIpc) is 2.23. The molecule has 0 amide bonds. The first-order chi connectivity index (χ1) is 7.51. The largest absolute Gasteiger partial charge is 0.327 e. The van der Waals surface area contributed by atoms with Crippen molar-refractivity contribution < 1.29 is 4.79 Å². The Hall–Kier alpha value is -0.370. The summed E-state index contributed by atoms with van der Waals surface area (Å²) >= 11 is 0. The number of nitrogens with two attached hydrogens (primary N) is 1. The van der Waals surface area contributed by atoms with Crippen LogP contribution in [-0.4, -0.2) is 11.8 Å². The summed E-state index contributed by atoms with van der Waals surface area (Å²) in [6.07, 6.45) is 6.05. The van der Waals surface area contributed by atoms with Gasteiger partial charge in [-0.05, 0) is 11.8 Å². The van der Waals surface area contributed by atoms with Crippen LogP contribution >= 0.6 is 0 Å². The SMILES string of the molecule is CCCCC(CC)CC(=O)CC(N)C(C)C. The molecule has 2 heteroatoms. The molecular formula is C14H29NO. The van der Waals surface area contributed by atoms with E-state index in [1.165, 1.54) is 19.3 Å². The summed E-state index contributed by atoms with van der Waals surface area (Å²) in [5, 5.41) is 0. The molecule has 2 atom stereocenters. The topological polar surface area (TPSA) is 43.1 Å². The molecule has 2 N–H and O–H groups in total. The molecule has 0 rings (SSSR count). The zero-order valence-electron chi connectivity index (χ0n) is 11.5. The molecule has 0 aliphatic carbocycles. The van der Waals surface area contributed by atoms with Gasteiger partial charge in [-0.3, -0.25) is 4.79 Å². The molecule has 0 spiro atoms. The van der Waals surface area contributed by atoms with E-state index in [-0.39, 0.29) is 6.04 Å². The first kappa shape index (κ1) is 15.6. The lowest BCUT2D eigenvalue weighted by Gasteiger charge is -2.17. The van der Waals surface area contributed by atoms with E-state index >= 15 is 0 Å². The zero-order chi connectivity index (χ0) is 12.6. The van der Waals surface area contributed by atoms with E-state index in [2.05, 4.69) is 27.7 Å². The Bertz CT molecular complexity index is 189. The monoisotopic (exact) mass is 227 g/mol. The molecule has 0 aromatic heterocycles. The molecular weight excluding hydrogens is 198 g/mol. The quantitative estimate of drug-likeness (QED) is 0.654. The van der Waals surface area contributed by atoms with Crippen molar-refractivity contribution in [3.8, 4) is 0 Å². The van der Waals surface area contributed by atoms with E-state index in [9.17, 15) is 4.79 Å². The van der Waals surface area contributed by atoms with Crippen LogP contribution in [0, 0.1) is 11.8 Å². The lowest BCUT2D eigenvalue weighted by atomic mass is 9.90. The van der Waals surface area contributed by atoms with Crippen LogP contribution in [0.5, 0.6) is 0 Å². The van der Waals surface area contributed by atoms with Crippen LogP contribution in [0.2, 0.25) is 0 Å². The Balaban J connectivity index is 3.91. The van der Waals surface area contributed by atoms with Crippen molar-refractivity contribution in [1.82, 2.24) is 0 Å². The van der Waals surface area contributed by atoms with E-state index in [0.29, 0.717) is 24.0 Å². The Morgan fingerprint density at radius 3 is 2.25 bits per heavy atom. The minimum atomic E-state index is 0.0381. The molecule has 0 heterocycles. The summed E-state index contributed by atoms with van der Waals surface area (Å²) < 4.78 is 0. The summed E-state index contributed by atoms with van der Waals surface area (Å²) in [5.74, 6) is 1.33. The Morgan fingerprint density at radius 2 is 1.81 bits per heavy atom. The highest BCUT2D eigenvalue weighted by Crippen LogP contribution is 2.18. The number of rotatable bonds is 9. The van der Waals surface area contributed by atoms with Crippen molar-refractivity contribution in [2.75, 3.05) is 0 Å². The van der Waals surface area contributed by atoms with Crippen molar-refractivity contribution in [2.45, 2.75) is 72.3 Å². The van der Waals surface area contributed by atoms with Gasteiger partial charge in [0.1, 0.15) is 5.78 Å². The number of ketones is 1. The second-order valence-corrected chi connectivity index (χ2v) is 5.27. The molecule has 0 saturated heterocycles. The van der Waals surface area contributed by atoms with Crippen LogP contribution in [0.15, 0.2) is 0 Å². The number of hydrogen-bond donors (Lipinski definition) is 1. The smallest absolute Gasteiger partial charge is 0.134 e. The zero-order valence-corrected chi connectivity index (χ0v) is 11.5. The molecule has 0 saturated carbocycles. The standard InChI is InChI=1S/C14H29NO/c1-5-7-8-12(6-2)9-13(16)10-14(15)11(3)4/h11-12,14H,5-10,15H2,1-4H3. The molecule has 0 radical (unpaired) electrons. The van der Waals surface area contributed by atoms with Crippen molar-refractivity contribution >= 4 is 5.78 Å². The van der Waals surface area contributed by atoms with Crippen molar-refractivity contribution in [2.24, 2.45) is 17.6 Å². The number of carbonyl (C=O) groups is 1. The van der Waals surface area contributed by atoms with Crippen LogP contribution in [0.4, 0.5) is 0 Å². The molecule has 96 valence electrons. The van der Waals surface area contributed by atoms with Crippen LogP contribution in [0.25, 0.3) is 0 Å². The maximum absolute atomic E-state index is 11.8. The molecule has 16 heavy (non-hydrogen) atoms. The molecule has 0 aliphatic rings. The second-order valence-electron chi connectivity index (χ2n) is 5.27. The molecule has 0 aliphatic heterocycles. The lowest BCUT2D eigenvalue weighted by Crippen LogP contribution is -2.29. The second kappa shape index (κ2) is 8.74. The Morgan fingerprint density at radius 1 is 1.19 bits per heavy atom. The van der Waals surface area contributed by atoms with Gasteiger partial charge in [-0.2, -0.15) is 0 Å².